The van der Waals surface area contributed by atoms with E-state index in [1.807, 2.05) is 44.2 Å². The Morgan fingerprint density at radius 1 is 1.11 bits per heavy atom. The number of nitrogens with zero attached hydrogens (tertiary/aromatic N) is 5. The van der Waals surface area contributed by atoms with Crippen molar-refractivity contribution < 1.29 is 4.79 Å². The Morgan fingerprint density at radius 2 is 1.79 bits per heavy atom. The third kappa shape index (κ3) is 3.37. The maximum atomic E-state index is 12.8. The molecule has 1 aromatic carbocycles. The summed E-state index contributed by atoms with van der Waals surface area (Å²) in [5.41, 5.74) is 0.742. The van der Waals surface area contributed by atoms with Crippen molar-refractivity contribution in [2.45, 2.75) is 25.5 Å². The standard InChI is InChI=1S/C19H23N5O3S/c1-5-23(13-10-8-7-9-11-13)14(25)12-28-18-20-16-15(24(18)6-2)17(26)22(4)19(27)21(16)3/h7-11H,5-6,12H2,1-4H3. The second-order valence-corrected chi connectivity index (χ2v) is 7.22. The molecular weight excluding hydrogens is 378 g/mol. The van der Waals surface area contributed by atoms with Gasteiger partial charge in [-0.3, -0.25) is 18.7 Å². The Balaban J connectivity index is 1.94. The summed E-state index contributed by atoms with van der Waals surface area (Å²) in [4.78, 5) is 43.7. The third-order valence-electron chi connectivity index (χ3n) is 4.64. The first-order chi connectivity index (χ1) is 13.4. The van der Waals surface area contributed by atoms with Gasteiger partial charge in [0.2, 0.25) is 5.91 Å². The average molecular weight is 401 g/mol. The van der Waals surface area contributed by atoms with Crippen LogP contribution in [0.3, 0.4) is 0 Å². The molecular formula is C19H23N5O3S. The van der Waals surface area contributed by atoms with E-state index in [4.69, 9.17) is 0 Å². The summed E-state index contributed by atoms with van der Waals surface area (Å²) in [6, 6.07) is 9.49. The van der Waals surface area contributed by atoms with E-state index in [-0.39, 0.29) is 17.2 Å². The summed E-state index contributed by atoms with van der Waals surface area (Å²) in [7, 11) is 3.04. The van der Waals surface area contributed by atoms with E-state index >= 15 is 0 Å². The highest BCUT2D eigenvalue weighted by atomic mass is 32.2. The lowest BCUT2D eigenvalue weighted by atomic mass is 10.3. The Labute approximate surface area is 166 Å². The lowest BCUT2D eigenvalue weighted by molar-refractivity contribution is -0.116. The van der Waals surface area contributed by atoms with Gasteiger partial charge in [0.15, 0.2) is 16.3 Å². The molecule has 0 radical (unpaired) electrons. The molecule has 3 aromatic rings. The fourth-order valence-corrected chi connectivity index (χ4v) is 4.08. The zero-order valence-corrected chi connectivity index (χ0v) is 17.2. The molecule has 0 unspecified atom stereocenters. The number of carbonyl (C=O) groups is 1. The minimum absolute atomic E-state index is 0.0461. The van der Waals surface area contributed by atoms with Crippen LogP contribution in [0.4, 0.5) is 5.69 Å². The zero-order valence-electron chi connectivity index (χ0n) is 16.4. The van der Waals surface area contributed by atoms with E-state index in [9.17, 15) is 14.4 Å². The highest BCUT2D eigenvalue weighted by Crippen LogP contribution is 2.23. The van der Waals surface area contributed by atoms with Crippen LogP contribution in [0, 0.1) is 0 Å². The predicted octanol–water partition coefficient (Wildman–Crippen LogP) is 1.60. The third-order valence-corrected chi connectivity index (χ3v) is 5.60. The van der Waals surface area contributed by atoms with Gasteiger partial charge in [-0.2, -0.15) is 0 Å². The van der Waals surface area contributed by atoms with Gasteiger partial charge in [0, 0.05) is 32.9 Å². The molecule has 0 aliphatic heterocycles. The smallest absolute Gasteiger partial charge is 0.313 e. The number of carbonyl (C=O) groups excluding carboxylic acids is 1. The molecule has 148 valence electrons. The molecule has 0 bridgehead atoms. The molecule has 28 heavy (non-hydrogen) atoms. The van der Waals surface area contributed by atoms with E-state index in [1.165, 1.54) is 23.4 Å². The lowest BCUT2D eigenvalue weighted by Gasteiger charge is -2.20. The highest BCUT2D eigenvalue weighted by Gasteiger charge is 2.20. The summed E-state index contributed by atoms with van der Waals surface area (Å²) in [5.74, 6) is 0.135. The summed E-state index contributed by atoms with van der Waals surface area (Å²) >= 11 is 1.27. The number of amides is 1. The number of thioether (sulfide) groups is 1. The second kappa shape index (κ2) is 8.05. The molecule has 2 heterocycles. The monoisotopic (exact) mass is 401 g/mol. The van der Waals surface area contributed by atoms with Gasteiger partial charge >= 0.3 is 5.69 Å². The van der Waals surface area contributed by atoms with E-state index in [0.717, 1.165) is 10.3 Å². The maximum Gasteiger partial charge on any atom is 0.332 e. The van der Waals surface area contributed by atoms with Crippen molar-refractivity contribution in [1.82, 2.24) is 18.7 Å². The molecule has 3 rings (SSSR count). The fourth-order valence-electron chi connectivity index (χ4n) is 3.15. The van der Waals surface area contributed by atoms with Crippen LogP contribution in [-0.2, 0) is 25.4 Å². The van der Waals surface area contributed by atoms with Crippen LogP contribution in [0.1, 0.15) is 13.8 Å². The molecule has 0 saturated carbocycles. The first kappa shape index (κ1) is 19.9. The molecule has 0 aliphatic carbocycles. The van der Waals surface area contributed by atoms with Crippen molar-refractivity contribution in [2.24, 2.45) is 14.1 Å². The molecule has 0 spiro atoms. The van der Waals surface area contributed by atoms with Crippen LogP contribution in [0.2, 0.25) is 0 Å². The average Bonchev–Trinajstić information content (AvgIpc) is 3.09. The van der Waals surface area contributed by atoms with Crippen molar-refractivity contribution in [3.05, 3.63) is 51.2 Å². The number of imidazole rings is 1. The number of fused-ring (bicyclic) bond motifs is 1. The maximum absolute atomic E-state index is 12.8. The first-order valence-electron chi connectivity index (χ1n) is 9.05. The molecule has 2 aromatic heterocycles. The summed E-state index contributed by atoms with van der Waals surface area (Å²) in [5, 5.41) is 0.549. The van der Waals surface area contributed by atoms with Gasteiger partial charge < -0.3 is 9.47 Å². The summed E-state index contributed by atoms with van der Waals surface area (Å²) < 4.78 is 4.19. The largest absolute Gasteiger partial charge is 0.332 e. The number of aromatic nitrogens is 4. The van der Waals surface area contributed by atoms with Gasteiger partial charge in [-0.25, -0.2) is 9.78 Å². The Morgan fingerprint density at radius 3 is 2.39 bits per heavy atom. The minimum Gasteiger partial charge on any atom is -0.313 e. The summed E-state index contributed by atoms with van der Waals surface area (Å²) in [6.45, 7) is 4.90. The van der Waals surface area contributed by atoms with Crippen LogP contribution in [0.25, 0.3) is 11.2 Å². The van der Waals surface area contributed by atoms with E-state index in [1.54, 1.807) is 16.5 Å². The van der Waals surface area contributed by atoms with Crippen molar-refractivity contribution in [1.29, 1.82) is 0 Å². The Hall–Kier alpha value is -2.81. The normalized spacial score (nSPS) is 11.1. The van der Waals surface area contributed by atoms with Crippen LogP contribution in [0.15, 0.2) is 45.1 Å². The SMILES string of the molecule is CCN(C(=O)CSc1nc2c(c(=O)n(C)c(=O)n2C)n1CC)c1ccccc1. The van der Waals surface area contributed by atoms with Gasteiger partial charge in [-0.1, -0.05) is 30.0 Å². The van der Waals surface area contributed by atoms with Gasteiger partial charge in [0.05, 0.1) is 5.75 Å². The van der Waals surface area contributed by atoms with Crippen LogP contribution < -0.4 is 16.1 Å². The molecule has 8 nitrogen and oxygen atoms in total. The number of para-hydroxylation sites is 1. The van der Waals surface area contributed by atoms with Crippen molar-refractivity contribution in [3.63, 3.8) is 0 Å². The van der Waals surface area contributed by atoms with Gasteiger partial charge in [0.1, 0.15) is 0 Å². The number of benzene rings is 1. The topological polar surface area (TPSA) is 82.1 Å². The molecule has 0 aliphatic rings. The quantitative estimate of drug-likeness (QED) is 0.586. The molecule has 1 amide bonds. The molecule has 0 fully saturated rings. The van der Waals surface area contributed by atoms with E-state index in [0.29, 0.717) is 29.4 Å². The zero-order chi connectivity index (χ0) is 20.4. The van der Waals surface area contributed by atoms with Crippen LogP contribution in [0.5, 0.6) is 0 Å². The minimum atomic E-state index is -0.424. The first-order valence-corrected chi connectivity index (χ1v) is 10.0. The van der Waals surface area contributed by atoms with Crippen molar-refractivity contribution in [3.8, 4) is 0 Å². The Kier molecular flexibility index (Phi) is 5.73. The lowest BCUT2D eigenvalue weighted by Crippen LogP contribution is -2.37. The fraction of sp³-hybridized carbons (Fsp3) is 0.368. The number of anilines is 1. The number of hydrogen-bond acceptors (Lipinski definition) is 5. The van der Waals surface area contributed by atoms with Crippen LogP contribution >= 0.6 is 11.8 Å². The van der Waals surface area contributed by atoms with Gasteiger partial charge in [-0.05, 0) is 26.0 Å². The highest BCUT2D eigenvalue weighted by molar-refractivity contribution is 7.99. The Bertz CT molecular complexity index is 1130. The number of hydrogen-bond donors (Lipinski definition) is 0. The van der Waals surface area contributed by atoms with Crippen molar-refractivity contribution in [2.75, 3.05) is 17.2 Å². The molecule has 0 atom stereocenters. The number of rotatable bonds is 6. The second-order valence-electron chi connectivity index (χ2n) is 6.28. The predicted molar refractivity (Wildman–Crippen MR) is 111 cm³/mol. The van der Waals surface area contributed by atoms with Crippen LogP contribution in [-0.4, -0.2) is 36.9 Å². The van der Waals surface area contributed by atoms with E-state index < -0.39 is 5.69 Å². The van der Waals surface area contributed by atoms with Gasteiger partial charge in [0.25, 0.3) is 5.56 Å². The molecule has 0 N–H and O–H groups in total. The van der Waals surface area contributed by atoms with E-state index in [2.05, 4.69) is 4.98 Å². The van der Waals surface area contributed by atoms with Crippen molar-refractivity contribution >= 4 is 34.5 Å². The summed E-state index contributed by atoms with van der Waals surface area (Å²) in [6.07, 6.45) is 0. The molecule has 0 saturated heterocycles. The molecule has 9 heteroatoms. The number of aryl methyl sites for hydroxylation is 2. The van der Waals surface area contributed by atoms with Gasteiger partial charge in [-0.15, -0.1) is 0 Å².